The molecule has 0 rings (SSSR count). The normalized spacial score (nSPS) is 11.4. The molecule has 15 heteroatoms. The van der Waals surface area contributed by atoms with Crippen LogP contribution >= 0.6 is 0 Å². The maximum Gasteiger partial charge on any atom is 0.413 e. The van der Waals surface area contributed by atoms with Gasteiger partial charge in [0.1, 0.15) is 22.9 Å². The molecule has 0 bridgehead atoms. The molecule has 248 valence electrons. The van der Waals surface area contributed by atoms with E-state index in [0.717, 1.165) is 12.8 Å². The summed E-state index contributed by atoms with van der Waals surface area (Å²) in [5.74, 6) is -1.31. The number of carbonyl (C=O) groups excluding carboxylic acids is 3. The molecule has 0 unspecified atom stereocenters. The SMILES string of the molecule is C=CCCCOC(=O)CCN=C(C)NC(=O)OC(C)(C)C.CC(=NCCC(=O)O)NC(=O)OC(C)(C)C.NCCC(=O)O. The number of unbranched alkanes of at least 4 members (excludes halogenated alkanes) is 1. The number of hydrogen-bond acceptors (Lipinski definition) is 11. The van der Waals surface area contributed by atoms with Gasteiger partial charge in [-0.15, -0.1) is 6.58 Å². The lowest BCUT2D eigenvalue weighted by atomic mass is 10.2. The lowest BCUT2D eigenvalue weighted by Gasteiger charge is -2.19. The van der Waals surface area contributed by atoms with Crippen LogP contribution in [0, 0.1) is 0 Å². The summed E-state index contributed by atoms with van der Waals surface area (Å²) in [7, 11) is 0. The van der Waals surface area contributed by atoms with Gasteiger partial charge in [-0.3, -0.25) is 35.0 Å². The molecule has 0 aromatic heterocycles. The Kier molecular flexibility index (Phi) is 24.8. The Hall–Kier alpha value is -4.01. The molecular formula is C28H51N5O10. The summed E-state index contributed by atoms with van der Waals surface area (Å²) in [5.41, 5.74) is 3.73. The van der Waals surface area contributed by atoms with Gasteiger partial charge in [0.15, 0.2) is 0 Å². The Labute approximate surface area is 254 Å². The molecule has 0 aliphatic carbocycles. The Balaban J connectivity index is -0.000000640. The number of nitrogens with one attached hydrogen (secondary N) is 2. The van der Waals surface area contributed by atoms with E-state index in [4.69, 9.17) is 30.2 Å². The number of amidine groups is 2. The first-order valence-corrected chi connectivity index (χ1v) is 13.6. The van der Waals surface area contributed by atoms with Crippen LogP contribution in [0.4, 0.5) is 9.59 Å². The summed E-state index contributed by atoms with van der Waals surface area (Å²) in [6.07, 6.45) is 2.42. The minimum Gasteiger partial charge on any atom is -0.481 e. The lowest BCUT2D eigenvalue weighted by Crippen LogP contribution is -2.35. The van der Waals surface area contributed by atoms with Crippen molar-refractivity contribution in [3.63, 3.8) is 0 Å². The third-order valence-corrected chi connectivity index (χ3v) is 3.88. The number of aliphatic imine (C=N–C) groups is 2. The highest BCUT2D eigenvalue weighted by Crippen LogP contribution is 2.07. The maximum absolute atomic E-state index is 11.5. The number of carboxylic acid groups (broad SMARTS) is 2. The second kappa shape index (κ2) is 24.6. The topological polar surface area (TPSA) is 228 Å². The van der Waals surface area contributed by atoms with Crippen LogP contribution in [0.2, 0.25) is 0 Å². The fourth-order valence-corrected chi connectivity index (χ4v) is 2.23. The van der Waals surface area contributed by atoms with Gasteiger partial charge in [0.25, 0.3) is 0 Å². The van der Waals surface area contributed by atoms with Crippen LogP contribution in [0.25, 0.3) is 0 Å². The van der Waals surface area contributed by atoms with Gasteiger partial charge in [0.05, 0.1) is 39.0 Å². The monoisotopic (exact) mass is 617 g/mol. The highest BCUT2D eigenvalue weighted by atomic mass is 16.6. The number of rotatable bonds is 12. The number of carbonyl (C=O) groups is 5. The average molecular weight is 618 g/mol. The number of nitrogens with zero attached hydrogens (tertiary/aromatic N) is 2. The number of alkyl carbamates (subject to hydrolysis) is 2. The van der Waals surface area contributed by atoms with Gasteiger partial charge >= 0.3 is 30.1 Å². The predicted molar refractivity (Wildman–Crippen MR) is 163 cm³/mol. The van der Waals surface area contributed by atoms with Crippen LogP contribution < -0.4 is 16.4 Å². The zero-order valence-electron chi connectivity index (χ0n) is 26.8. The molecule has 0 radical (unpaired) electrons. The number of hydrogen-bond donors (Lipinski definition) is 5. The Morgan fingerprint density at radius 3 is 1.53 bits per heavy atom. The highest BCUT2D eigenvalue weighted by Gasteiger charge is 2.17. The van der Waals surface area contributed by atoms with Crippen LogP contribution in [0.5, 0.6) is 0 Å². The minimum atomic E-state index is -0.922. The van der Waals surface area contributed by atoms with Crippen LogP contribution in [0.15, 0.2) is 22.6 Å². The number of ether oxygens (including phenoxy) is 3. The van der Waals surface area contributed by atoms with Crippen LogP contribution in [-0.4, -0.2) is 89.4 Å². The van der Waals surface area contributed by atoms with Gasteiger partial charge in [-0.25, -0.2) is 9.59 Å². The van der Waals surface area contributed by atoms with Gasteiger partial charge in [-0.2, -0.15) is 0 Å². The molecule has 15 nitrogen and oxygen atoms in total. The van der Waals surface area contributed by atoms with Crippen molar-refractivity contribution in [2.45, 2.75) is 98.7 Å². The van der Waals surface area contributed by atoms with Crippen LogP contribution in [0.3, 0.4) is 0 Å². The third-order valence-electron chi connectivity index (χ3n) is 3.88. The average Bonchev–Trinajstić information content (AvgIpc) is 2.79. The van der Waals surface area contributed by atoms with Gasteiger partial charge in [0.2, 0.25) is 0 Å². The summed E-state index contributed by atoms with van der Waals surface area (Å²) < 4.78 is 15.1. The molecule has 43 heavy (non-hydrogen) atoms. The fraction of sp³-hybridized carbons (Fsp3) is 0.679. The van der Waals surface area contributed by atoms with E-state index in [9.17, 15) is 24.0 Å². The number of allylic oxidation sites excluding steroid dienone is 1. The van der Waals surface area contributed by atoms with Crippen molar-refractivity contribution in [1.82, 2.24) is 10.6 Å². The van der Waals surface area contributed by atoms with Crippen molar-refractivity contribution < 1.29 is 48.4 Å². The molecule has 0 fully saturated rings. The van der Waals surface area contributed by atoms with E-state index in [-0.39, 0.29) is 44.9 Å². The Bertz CT molecular complexity index is 935. The van der Waals surface area contributed by atoms with Gasteiger partial charge in [0, 0.05) is 6.54 Å². The van der Waals surface area contributed by atoms with E-state index < -0.39 is 35.3 Å². The number of amides is 2. The predicted octanol–water partition coefficient (Wildman–Crippen LogP) is 3.65. The zero-order valence-corrected chi connectivity index (χ0v) is 26.8. The molecule has 2 amide bonds. The van der Waals surface area contributed by atoms with Crippen molar-refractivity contribution in [2.75, 3.05) is 26.2 Å². The van der Waals surface area contributed by atoms with Crippen LogP contribution in [0.1, 0.15) is 87.5 Å². The van der Waals surface area contributed by atoms with E-state index in [2.05, 4.69) is 27.2 Å². The second-order valence-corrected chi connectivity index (χ2v) is 10.7. The van der Waals surface area contributed by atoms with E-state index in [0.29, 0.717) is 18.3 Å². The van der Waals surface area contributed by atoms with E-state index in [1.165, 1.54) is 0 Å². The first-order chi connectivity index (χ1) is 19.7. The molecule has 0 spiro atoms. The number of aliphatic carboxylic acids is 2. The lowest BCUT2D eigenvalue weighted by molar-refractivity contribution is -0.143. The molecule has 0 heterocycles. The molecule has 0 saturated heterocycles. The standard InChI is InChI=1S/C15H26N2O4.C10H18N2O4.C3H7NO2/c1-6-7-8-11-20-13(18)9-10-16-12(2)17-14(19)21-15(3,4)5;1-7(11-6-5-8(13)14)12-9(15)16-10(2,3)4;4-2-1-3(5)6/h6H,1,7-11H2,2-5H3,(H,16,17,19);5-6H2,1-4H3,(H,13,14)(H,11,12,15);1-2,4H2,(H,5,6). The van der Waals surface area contributed by atoms with Crippen molar-refractivity contribution in [3.05, 3.63) is 12.7 Å². The molecule has 0 aliphatic rings. The van der Waals surface area contributed by atoms with Gasteiger partial charge < -0.3 is 30.2 Å². The smallest absolute Gasteiger partial charge is 0.413 e. The third kappa shape index (κ3) is 40.2. The van der Waals surface area contributed by atoms with Crippen molar-refractivity contribution in [3.8, 4) is 0 Å². The number of nitrogens with two attached hydrogens (primary N) is 1. The highest BCUT2D eigenvalue weighted by molar-refractivity contribution is 5.94. The fourth-order valence-electron chi connectivity index (χ4n) is 2.23. The quantitative estimate of drug-likeness (QED) is 0.0530. The van der Waals surface area contributed by atoms with Gasteiger partial charge in [-0.1, -0.05) is 6.08 Å². The first kappa shape index (κ1) is 43.4. The minimum absolute atomic E-state index is 0.0622. The van der Waals surface area contributed by atoms with Gasteiger partial charge in [-0.05, 0) is 68.2 Å². The summed E-state index contributed by atoms with van der Waals surface area (Å²) in [4.78, 5) is 61.7. The zero-order chi connectivity index (χ0) is 34.1. The molecular weight excluding hydrogens is 566 g/mol. The summed E-state index contributed by atoms with van der Waals surface area (Å²) in [6.45, 7) is 18.4. The van der Waals surface area contributed by atoms with Crippen molar-refractivity contribution >= 4 is 41.8 Å². The van der Waals surface area contributed by atoms with E-state index in [1.54, 1.807) is 61.5 Å². The van der Waals surface area contributed by atoms with Crippen LogP contribution in [-0.2, 0) is 28.6 Å². The first-order valence-electron chi connectivity index (χ1n) is 13.6. The molecule has 0 aromatic rings. The van der Waals surface area contributed by atoms with E-state index >= 15 is 0 Å². The number of carboxylic acids is 2. The van der Waals surface area contributed by atoms with Crippen molar-refractivity contribution in [2.24, 2.45) is 15.7 Å². The molecule has 0 aliphatic heterocycles. The second-order valence-electron chi connectivity index (χ2n) is 10.7. The Morgan fingerprint density at radius 2 is 1.21 bits per heavy atom. The molecule has 0 aromatic carbocycles. The molecule has 6 N–H and O–H groups in total. The summed E-state index contributed by atoms with van der Waals surface area (Å²) in [5, 5.41) is 21.1. The number of esters is 1. The molecule has 0 atom stereocenters. The largest absolute Gasteiger partial charge is 0.481 e. The maximum atomic E-state index is 11.5. The van der Waals surface area contributed by atoms with Crippen molar-refractivity contribution in [1.29, 1.82) is 0 Å². The summed E-state index contributed by atoms with van der Waals surface area (Å²) in [6, 6.07) is 0. The molecule has 0 saturated carbocycles. The van der Waals surface area contributed by atoms with E-state index in [1.807, 2.05) is 0 Å². The Morgan fingerprint density at radius 1 is 0.791 bits per heavy atom. The summed E-state index contributed by atoms with van der Waals surface area (Å²) >= 11 is 0.